The van der Waals surface area contributed by atoms with E-state index in [1.54, 1.807) is 0 Å². The van der Waals surface area contributed by atoms with Crippen molar-refractivity contribution in [1.29, 1.82) is 0 Å². The number of esters is 1. The summed E-state index contributed by atoms with van der Waals surface area (Å²) in [5.74, 6) is -1.79. The van der Waals surface area contributed by atoms with Gasteiger partial charge in [-0.25, -0.2) is 4.57 Å². The van der Waals surface area contributed by atoms with Crippen LogP contribution in [0, 0.1) is 0 Å². The number of hydrogen-bond acceptors (Lipinski definition) is 8. The van der Waals surface area contributed by atoms with Crippen LogP contribution in [-0.2, 0) is 32.7 Å². The average Bonchev–Trinajstić information content (AvgIpc) is 3.21. The average molecular weight is 854 g/mol. The second kappa shape index (κ2) is 44.0. The molecule has 0 aliphatic heterocycles. The minimum absolute atomic E-state index is 0.00803. The lowest BCUT2D eigenvalue weighted by Gasteiger charge is -2.20. The summed E-state index contributed by atoms with van der Waals surface area (Å²) in [7, 11) is -4.62. The molecule has 0 aromatic heterocycles. The third kappa shape index (κ3) is 43.8. The zero-order valence-electron chi connectivity index (χ0n) is 37.6. The molecule has 0 spiro atoms. The largest absolute Gasteiger partial charge is 0.480 e. The number of carboxylic acid groups (broad SMARTS) is 1. The van der Waals surface area contributed by atoms with E-state index in [1.807, 2.05) is 0 Å². The number of phosphoric acid groups is 1. The molecule has 0 amide bonds. The predicted molar refractivity (Wildman–Crippen MR) is 244 cm³/mol. The summed E-state index contributed by atoms with van der Waals surface area (Å²) in [6.45, 7) is 3.83. The number of aliphatic carboxylic acids is 1. The number of carbonyl (C=O) groups is 2. The van der Waals surface area contributed by atoms with E-state index in [4.69, 9.17) is 29.4 Å². The summed E-state index contributed by atoms with van der Waals surface area (Å²) in [6, 6.07) is -1.48. The normalized spacial score (nSPS) is 14.2. The molecular formula is C48H88NO9P. The summed E-state index contributed by atoms with van der Waals surface area (Å²) in [5.41, 5.74) is 5.36. The molecule has 0 heterocycles. The first-order valence-corrected chi connectivity index (χ1v) is 25.2. The van der Waals surface area contributed by atoms with Gasteiger partial charge >= 0.3 is 19.8 Å². The molecule has 3 atom stereocenters. The molecule has 0 radical (unpaired) electrons. The number of hydrogen-bond donors (Lipinski definition) is 3. The number of carboxylic acids is 1. The Morgan fingerprint density at radius 2 is 0.932 bits per heavy atom. The van der Waals surface area contributed by atoms with Crippen molar-refractivity contribution in [2.75, 3.05) is 26.4 Å². The minimum atomic E-state index is -4.62. The Hall–Kier alpha value is -2.07. The van der Waals surface area contributed by atoms with Crippen LogP contribution in [0.1, 0.15) is 206 Å². The fraction of sp³-hybridized carbons (Fsp3) is 0.792. The first-order valence-electron chi connectivity index (χ1n) is 23.7. The maximum Gasteiger partial charge on any atom is 0.472 e. The lowest BCUT2D eigenvalue weighted by atomic mass is 10.1. The molecule has 0 aromatic rings. The maximum absolute atomic E-state index is 12.7. The van der Waals surface area contributed by atoms with E-state index in [0.717, 1.165) is 64.2 Å². The third-order valence-corrected chi connectivity index (χ3v) is 11.0. The Morgan fingerprint density at radius 3 is 1.44 bits per heavy atom. The van der Waals surface area contributed by atoms with Crippen molar-refractivity contribution in [1.82, 2.24) is 0 Å². The van der Waals surface area contributed by atoms with E-state index < -0.39 is 45.1 Å². The van der Waals surface area contributed by atoms with Crippen LogP contribution in [0.25, 0.3) is 0 Å². The van der Waals surface area contributed by atoms with Gasteiger partial charge in [-0.15, -0.1) is 0 Å². The highest BCUT2D eigenvalue weighted by atomic mass is 31.2. The Labute approximate surface area is 360 Å². The van der Waals surface area contributed by atoms with Crippen LogP contribution in [0.2, 0.25) is 0 Å². The molecule has 4 N–H and O–H groups in total. The van der Waals surface area contributed by atoms with Crippen molar-refractivity contribution in [2.45, 2.75) is 219 Å². The van der Waals surface area contributed by atoms with Crippen LogP contribution in [0.3, 0.4) is 0 Å². The van der Waals surface area contributed by atoms with E-state index >= 15 is 0 Å². The Kier molecular flexibility index (Phi) is 42.5. The van der Waals surface area contributed by atoms with Crippen LogP contribution in [0.5, 0.6) is 0 Å². The highest BCUT2D eigenvalue weighted by Crippen LogP contribution is 2.43. The molecule has 11 heteroatoms. The summed E-state index contributed by atoms with van der Waals surface area (Å²) < 4.78 is 33.4. The van der Waals surface area contributed by atoms with Gasteiger partial charge in [0.1, 0.15) is 12.1 Å². The molecule has 0 saturated heterocycles. The zero-order chi connectivity index (χ0) is 43.3. The SMILES string of the molecule is CCCCC/C=C\C/C=C\C/C=C\CCCCCCCCCOCC(COP(=O)(O)OCC(N)C(=O)O)OC(=O)CCCCCCCCC/C=C\CCCCCCCC. The van der Waals surface area contributed by atoms with E-state index in [2.05, 4.69) is 62.5 Å². The molecule has 0 aliphatic carbocycles. The topological polar surface area (TPSA) is 155 Å². The van der Waals surface area contributed by atoms with Crippen molar-refractivity contribution in [3.8, 4) is 0 Å². The van der Waals surface area contributed by atoms with Crippen molar-refractivity contribution in [2.24, 2.45) is 5.73 Å². The molecule has 0 fully saturated rings. The number of unbranched alkanes of at least 4 members (excludes halogenated alkanes) is 23. The highest BCUT2D eigenvalue weighted by molar-refractivity contribution is 7.47. The van der Waals surface area contributed by atoms with Crippen LogP contribution in [0.4, 0.5) is 0 Å². The van der Waals surface area contributed by atoms with E-state index in [9.17, 15) is 19.0 Å². The first kappa shape index (κ1) is 56.9. The van der Waals surface area contributed by atoms with Crippen molar-refractivity contribution < 1.29 is 42.7 Å². The molecule has 0 bridgehead atoms. The van der Waals surface area contributed by atoms with Gasteiger partial charge in [0, 0.05) is 13.0 Å². The number of ether oxygens (including phenoxy) is 2. The van der Waals surface area contributed by atoms with E-state index in [-0.39, 0.29) is 13.0 Å². The van der Waals surface area contributed by atoms with Gasteiger partial charge in [-0.2, -0.15) is 0 Å². The van der Waals surface area contributed by atoms with Gasteiger partial charge in [-0.3, -0.25) is 18.6 Å². The smallest absolute Gasteiger partial charge is 0.472 e. The molecule has 0 aromatic carbocycles. The first-order chi connectivity index (χ1) is 28.7. The third-order valence-electron chi connectivity index (χ3n) is 10.1. The summed E-state index contributed by atoms with van der Waals surface area (Å²) in [6.07, 6.45) is 51.6. The maximum atomic E-state index is 12.7. The molecule has 59 heavy (non-hydrogen) atoms. The lowest BCUT2D eigenvalue weighted by Crippen LogP contribution is -2.34. The lowest BCUT2D eigenvalue weighted by molar-refractivity contribution is -0.154. The number of allylic oxidation sites excluding steroid dienone is 8. The van der Waals surface area contributed by atoms with Crippen molar-refractivity contribution in [3.63, 3.8) is 0 Å². The van der Waals surface area contributed by atoms with E-state index in [1.165, 1.54) is 116 Å². The zero-order valence-corrected chi connectivity index (χ0v) is 38.5. The number of phosphoric ester groups is 1. The molecular weight excluding hydrogens is 765 g/mol. The molecule has 0 aliphatic rings. The Morgan fingerprint density at radius 1 is 0.542 bits per heavy atom. The quantitative estimate of drug-likeness (QED) is 0.0233. The number of carbonyl (C=O) groups excluding carboxylic acids is 1. The molecule has 3 unspecified atom stereocenters. The van der Waals surface area contributed by atoms with Crippen LogP contribution >= 0.6 is 7.82 Å². The monoisotopic (exact) mass is 854 g/mol. The minimum Gasteiger partial charge on any atom is -0.480 e. The Bertz CT molecular complexity index is 1130. The number of nitrogens with two attached hydrogens (primary N) is 1. The molecule has 344 valence electrons. The molecule has 0 rings (SSSR count). The fourth-order valence-corrected chi connectivity index (χ4v) is 7.15. The number of rotatable bonds is 45. The fourth-order valence-electron chi connectivity index (χ4n) is 6.37. The second-order valence-corrected chi connectivity index (χ2v) is 17.3. The van der Waals surface area contributed by atoms with Gasteiger partial charge in [0.15, 0.2) is 0 Å². The van der Waals surface area contributed by atoms with Gasteiger partial charge in [0.05, 0.1) is 19.8 Å². The van der Waals surface area contributed by atoms with E-state index in [0.29, 0.717) is 13.0 Å². The Balaban J connectivity index is 4.22. The summed E-state index contributed by atoms with van der Waals surface area (Å²) >= 11 is 0. The van der Waals surface area contributed by atoms with Gasteiger partial charge in [0.2, 0.25) is 0 Å². The van der Waals surface area contributed by atoms with Crippen LogP contribution in [-0.4, -0.2) is 60.5 Å². The summed E-state index contributed by atoms with van der Waals surface area (Å²) in [4.78, 5) is 33.6. The van der Waals surface area contributed by atoms with Gasteiger partial charge < -0.3 is 25.2 Å². The predicted octanol–water partition coefficient (Wildman–Crippen LogP) is 13.4. The summed E-state index contributed by atoms with van der Waals surface area (Å²) in [5, 5.41) is 8.91. The van der Waals surface area contributed by atoms with Gasteiger partial charge in [-0.05, 0) is 77.0 Å². The van der Waals surface area contributed by atoms with Crippen LogP contribution < -0.4 is 5.73 Å². The highest BCUT2D eigenvalue weighted by Gasteiger charge is 2.27. The standard InChI is InChI=1S/C48H88NO9P/c1-3-5-7-9-11-13-15-17-19-21-22-23-25-27-29-31-33-35-37-39-41-55-42-45(43-56-59(53,54)57-44-46(49)48(51)52)58-47(50)40-38-36-34-32-30-28-26-24-20-18-16-14-12-10-8-6-4-2/h11,13,17-20,22-23,45-46H,3-10,12,14-16,21,24-44,49H2,1-2H3,(H,51,52)(H,53,54)/b13-11-,19-17-,20-18-,23-22-. The van der Waals surface area contributed by atoms with Crippen molar-refractivity contribution >= 4 is 19.8 Å². The van der Waals surface area contributed by atoms with Crippen LogP contribution in [0.15, 0.2) is 48.6 Å². The second-order valence-electron chi connectivity index (χ2n) is 15.9. The molecule has 10 nitrogen and oxygen atoms in total. The van der Waals surface area contributed by atoms with Gasteiger partial charge in [-0.1, -0.05) is 172 Å². The van der Waals surface area contributed by atoms with Gasteiger partial charge in [0.25, 0.3) is 0 Å². The van der Waals surface area contributed by atoms with Crippen molar-refractivity contribution in [3.05, 3.63) is 48.6 Å². The molecule has 0 saturated carbocycles.